The highest BCUT2D eigenvalue weighted by Crippen LogP contribution is 2.26. The molecule has 8 N–H and O–H groups in total. The number of piperidine rings is 2. The van der Waals surface area contributed by atoms with Crippen LogP contribution in [0.15, 0.2) is 4.99 Å². The number of carbonyl (C=O) groups is 1. The molecule has 0 bridgehead atoms. The van der Waals surface area contributed by atoms with Crippen molar-refractivity contribution in [3.8, 4) is 0 Å². The number of hydrogen-bond donors (Lipinski definition) is 7. The highest BCUT2D eigenvalue weighted by atomic mass is 16.4. The first kappa shape index (κ1) is 31.4. The van der Waals surface area contributed by atoms with Gasteiger partial charge in [0.05, 0.1) is 31.0 Å². The molecule has 3 aliphatic rings. The molecule has 10 nitrogen and oxygen atoms in total. The molecule has 3 rings (SSSR count). The summed E-state index contributed by atoms with van der Waals surface area (Å²) in [6.07, 6.45) is 13.1. The largest absolute Gasteiger partial charge is 0.481 e. The zero-order valence-corrected chi connectivity index (χ0v) is 23.7. The van der Waals surface area contributed by atoms with Crippen molar-refractivity contribution in [2.24, 2.45) is 10.7 Å². The number of β-amino-alcohol motifs (C(OH)–C–C–N with tert-alkyl or cyclic N) is 1. The fourth-order valence-electron chi connectivity index (χ4n) is 6.43. The minimum Gasteiger partial charge on any atom is -0.481 e. The number of carboxylic acid groups (broad SMARTS) is 1. The summed E-state index contributed by atoms with van der Waals surface area (Å²) in [7, 11) is 0. The van der Waals surface area contributed by atoms with Gasteiger partial charge in [-0.3, -0.25) is 14.7 Å². The van der Waals surface area contributed by atoms with E-state index >= 15 is 0 Å². The Balaban J connectivity index is 1.29. The number of carboxylic acids is 1. The van der Waals surface area contributed by atoms with Gasteiger partial charge in [0, 0.05) is 43.0 Å². The van der Waals surface area contributed by atoms with Gasteiger partial charge in [0.1, 0.15) is 0 Å². The van der Waals surface area contributed by atoms with Crippen molar-refractivity contribution in [1.82, 2.24) is 20.9 Å². The molecule has 0 amide bonds. The number of aliphatic imine (C=N–C) groups is 1. The van der Waals surface area contributed by atoms with E-state index < -0.39 is 11.6 Å². The van der Waals surface area contributed by atoms with E-state index in [1.807, 2.05) is 6.21 Å². The van der Waals surface area contributed by atoms with Gasteiger partial charge >= 0.3 is 5.97 Å². The van der Waals surface area contributed by atoms with Crippen LogP contribution in [0.5, 0.6) is 0 Å². The zero-order chi connectivity index (χ0) is 27.6. The van der Waals surface area contributed by atoms with Crippen LogP contribution in [0.1, 0.15) is 97.3 Å². The summed E-state index contributed by atoms with van der Waals surface area (Å²) in [5, 5.41) is 41.1. The monoisotopic (exact) mass is 538 g/mol. The number of aliphatic hydroxyl groups is 2. The summed E-state index contributed by atoms with van der Waals surface area (Å²) in [5.41, 5.74) is 4.61. The Morgan fingerprint density at radius 2 is 1.95 bits per heavy atom. The molecule has 0 aromatic rings. The van der Waals surface area contributed by atoms with Crippen molar-refractivity contribution < 1.29 is 20.1 Å². The third kappa shape index (κ3) is 10.1. The summed E-state index contributed by atoms with van der Waals surface area (Å²) in [6, 6.07) is 0.880. The third-order valence-electron chi connectivity index (χ3n) is 8.91. The maximum absolute atomic E-state index is 11.4. The smallest absolute Gasteiger partial charge is 0.306 e. The molecule has 0 spiro atoms. The molecule has 3 aliphatic heterocycles. The average Bonchev–Trinajstić information content (AvgIpc) is 3.38. The second-order valence-corrected chi connectivity index (χ2v) is 12.4. The Kier molecular flexibility index (Phi) is 12.4. The second kappa shape index (κ2) is 15.0. The van der Waals surface area contributed by atoms with Gasteiger partial charge in [-0.05, 0) is 52.5 Å². The highest BCUT2D eigenvalue weighted by molar-refractivity contribution is 5.68. The maximum Gasteiger partial charge on any atom is 0.306 e. The topological polar surface area (TPSA) is 155 Å². The van der Waals surface area contributed by atoms with Gasteiger partial charge in [0.15, 0.2) is 0 Å². The first-order chi connectivity index (χ1) is 18.1. The molecule has 3 heterocycles. The lowest BCUT2D eigenvalue weighted by molar-refractivity contribution is -0.143. The van der Waals surface area contributed by atoms with E-state index in [1.54, 1.807) is 0 Å². The number of nitrogens with two attached hydrogens (primary N) is 1. The lowest BCUT2D eigenvalue weighted by Crippen LogP contribution is -2.60. The Labute approximate surface area is 229 Å². The van der Waals surface area contributed by atoms with Crippen molar-refractivity contribution in [2.45, 2.75) is 139 Å². The van der Waals surface area contributed by atoms with E-state index in [4.69, 9.17) is 5.73 Å². The molecule has 0 saturated carbocycles. The van der Waals surface area contributed by atoms with Gasteiger partial charge in [-0.25, -0.2) is 0 Å². The van der Waals surface area contributed by atoms with Crippen LogP contribution in [-0.2, 0) is 4.79 Å². The van der Waals surface area contributed by atoms with Gasteiger partial charge in [-0.15, -0.1) is 0 Å². The van der Waals surface area contributed by atoms with Gasteiger partial charge in [-0.1, -0.05) is 44.9 Å². The molecular formula is C28H54N6O4. The molecule has 220 valence electrons. The fourth-order valence-corrected chi connectivity index (χ4v) is 6.43. The van der Waals surface area contributed by atoms with Crippen LogP contribution < -0.4 is 21.7 Å². The average molecular weight is 539 g/mol. The number of rotatable bonds is 16. The second-order valence-electron chi connectivity index (χ2n) is 12.4. The summed E-state index contributed by atoms with van der Waals surface area (Å²) < 4.78 is 0. The van der Waals surface area contributed by atoms with Crippen molar-refractivity contribution in [2.75, 3.05) is 26.3 Å². The van der Waals surface area contributed by atoms with E-state index in [-0.39, 0.29) is 36.8 Å². The van der Waals surface area contributed by atoms with Gasteiger partial charge in [-0.2, -0.15) is 0 Å². The molecule has 7 unspecified atom stereocenters. The van der Waals surface area contributed by atoms with Crippen molar-refractivity contribution >= 4 is 12.2 Å². The summed E-state index contributed by atoms with van der Waals surface area (Å²) in [4.78, 5) is 18.2. The molecular weight excluding hydrogens is 484 g/mol. The molecule has 0 radical (unpaired) electrons. The molecule has 38 heavy (non-hydrogen) atoms. The van der Waals surface area contributed by atoms with Crippen molar-refractivity contribution in [1.29, 1.82) is 0 Å². The quantitative estimate of drug-likeness (QED) is 0.145. The van der Waals surface area contributed by atoms with Crippen LogP contribution in [-0.4, -0.2) is 100 Å². The number of hydrogen-bond acceptors (Lipinski definition) is 9. The lowest BCUT2D eigenvalue weighted by atomic mass is 9.86. The van der Waals surface area contributed by atoms with Crippen LogP contribution in [0.2, 0.25) is 0 Å². The highest BCUT2D eigenvalue weighted by Gasteiger charge is 2.37. The molecule has 0 aromatic heterocycles. The minimum absolute atomic E-state index is 0.0784. The van der Waals surface area contributed by atoms with Crippen LogP contribution in [0.3, 0.4) is 0 Å². The predicted octanol–water partition coefficient (Wildman–Crippen LogP) is 1.54. The first-order valence-corrected chi connectivity index (χ1v) is 14.9. The predicted molar refractivity (Wildman–Crippen MR) is 151 cm³/mol. The van der Waals surface area contributed by atoms with E-state index in [1.165, 1.54) is 19.3 Å². The molecule has 0 aliphatic carbocycles. The molecule has 2 saturated heterocycles. The number of unbranched alkanes of at least 4 members (excludes halogenated alkanes) is 6. The Morgan fingerprint density at radius 1 is 1.24 bits per heavy atom. The number of aliphatic hydroxyl groups excluding tert-OH is 1. The molecule has 7 atom stereocenters. The van der Waals surface area contributed by atoms with E-state index in [9.17, 15) is 20.1 Å². The molecule has 10 heteroatoms. The van der Waals surface area contributed by atoms with E-state index in [2.05, 4.69) is 39.7 Å². The fraction of sp³-hybridized carbons (Fsp3) is 0.929. The normalized spacial score (nSPS) is 33.9. The number of nitrogens with zero attached hydrogens (tertiary/aromatic N) is 2. The Morgan fingerprint density at radius 3 is 2.61 bits per heavy atom. The van der Waals surface area contributed by atoms with Crippen molar-refractivity contribution in [3.63, 3.8) is 0 Å². The molecule has 2 fully saturated rings. The molecule has 0 aromatic carbocycles. The standard InChI is InChI=1S/C28H54N6O4/c1-21-24(35)16-23(34-15-14-30-20-34)22(33-21)10-8-6-4-3-5-7-9-11-28(38,18-26(36)37)19-32-27(2)12-13-31-25(29)17-27/h14,21-25,31-33,35,38H,3-13,15-20,29H2,1-2H3,(H,36,37). The van der Waals surface area contributed by atoms with Crippen LogP contribution in [0, 0.1) is 0 Å². The SMILES string of the molecule is CC1NC(CCCCCCCCCC(O)(CNC2(C)CCNC(N)C2)CC(=O)O)C(N2CC=NC2)CC1O. The summed E-state index contributed by atoms with van der Waals surface area (Å²) >= 11 is 0. The minimum atomic E-state index is -1.24. The first-order valence-electron chi connectivity index (χ1n) is 14.9. The lowest BCUT2D eigenvalue weighted by Gasteiger charge is -2.43. The maximum atomic E-state index is 11.4. The zero-order valence-electron chi connectivity index (χ0n) is 23.7. The third-order valence-corrected chi connectivity index (χ3v) is 8.91. The van der Waals surface area contributed by atoms with Crippen LogP contribution in [0.25, 0.3) is 0 Å². The van der Waals surface area contributed by atoms with Gasteiger partial charge in [0.2, 0.25) is 0 Å². The van der Waals surface area contributed by atoms with E-state index in [0.717, 1.165) is 71.1 Å². The summed E-state index contributed by atoms with van der Waals surface area (Å²) in [6.45, 7) is 6.89. The van der Waals surface area contributed by atoms with Gasteiger partial charge in [0.25, 0.3) is 0 Å². The van der Waals surface area contributed by atoms with Crippen LogP contribution in [0.4, 0.5) is 0 Å². The van der Waals surface area contributed by atoms with Crippen molar-refractivity contribution in [3.05, 3.63) is 0 Å². The van der Waals surface area contributed by atoms with E-state index in [0.29, 0.717) is 18.5 Å². The van der Waals surface area contributed by atoms with Crippen LogP contribution >= 0.6 is 0 Å². The summed E-state index contributed by atoms with van der Waals surface area (Å²) in [5.74, 6) is -0.961. The number of nitrogens with one attached hydrogen (secondary N) is 3. The number of aliphatic carboxylic acids is 1. The van der Waals surface area contributed by atoms with Gasteiger partial charge < -0.3 is 37.0 Å². The Bertz CT molecular complexity index is 749. The Hall–Kier alpha value is -1.14.